The molecule has 2 aromatic carbocycles. The largest absolute Gasteiger partial charge is 0.508 e. The summed E-state index contributed by atoms with van der Waals surface area (Å²) >= 11 is 7.15. The van der Waals surface area contributed by atoms with Crippen LogP contribution >= 0.6 is 23.4 Å². The molecule has 1 aliphatic rings. The molecule has 0 radical (unpaired) electrons. The van der Waals surface area contributed by atoms with Gasteiger partial charge in [0.05, 0.1) is 11.9 Å². The van der Waals surface area contributed by atoms with Gasteiger partial charge in [0.1, 0.15) is 11.8 Å². The van der Waals surface area contributed by atoms with Crippen molar-refractivity contribution in [2.45, 2.75) is 50.1 Å². The predicted molar refractivity (Wildman–Crippen MR) is 141 cm³/mol. The molecule has 1 heterocycles. The third-order valence-electron chi connectivity index (χ3n) is 6.27. The number of nitrogens with zero attached hydrogens (tertiary/aromatic N) is 1. The number of hydrogen-bond acceptors (Lipinski definition) is 6. The zero-order valence-corrected chi connectivity index (χ0v) is 22.1. The molecule has 0 aliphatic carbocycles. The maximum atomic E-state index is 13.6. The van der Waals surface area contributed by atoms with Crippen molar-refractivity contribution >= 4 is 41.1 Å². The zero-order valence-electron chi connectivity index (χ0n) is 20.5. The van der Waals surface area contributed by atoms with Crippen molar-refractivity contribution in [3.8, 4) is 5.75 Å². The second-order valence-corrected chi connectivity index (χ2v) is 11.2. The zero-order chi connectivity index (χ0) is 26.5. The van der Waals surface area contributed by atoms with E-state index in [-0.39, 0.29) is 41.9 Å². The number of carbonyl (C=O) groups excluding carboxylic acids is 3. The summed E-state index contributed by atoms with van der Waals surface area (Å²) < 4.78 is -0.581. The third kappa shape index (κ3) is 6.32. The normalized spacial score (nSPS) is 18.4. The lowest BCUT2D eigenvalue weighted by molar-refractivity contribution is -0.147. The smallest absolute Gasteiger partial charge is 0.254 e. The van der Waals surface area contributed by atoms with Crippen molar-refractivity contribution in [2.75, 3.05) is 18.3 Å². The van der Waals surface area contributed by atoms with Crippen molar-refractivity contribution in [1.82, 2.24) is 15.5 Å². The highest BCUT2D eigenvalue weighted by Gasteiger charge is 2.49. The van der Waals surface area contributed by atoms with E-state index in [2.05, 4.69) is 10.6 Å². The molecule has 194 valence electrons. The first kappa shape index (κ1) is 27.8. The number of phenolic OH excluding ortho intramolecular Hbond substituents is 1. The highest BCUT2D eigenvalue weighted by Crippen LogP contribution is 2.39. The van der Waals surface area contributed by atoms with Crippen LogP contribution in [0.1, 0.15) is 35.3 Å². The average molecular weight is 534 g/mol. The van der Waals surface area contributed by atoms with Gasteiger partial charge in [-0.25, -0.2) is 0 Å². The second-order valence-electron chi connectivity index (χ2n) is 9.23. The number of halogens is 1. The lowest BCUT2D eigenvalue weighted by Gasteiger charge is -2.33. The lowest BCUT2D eigenvalue weighted by Crippen LogP contribution is -2.58. The summed E-state index contributed by atoms with van der Waals surface area (Å²) in [7, 11) is 0. The van der Waals surface area contributed by atoms with Gasteiger partial charge >= 0.3 is 0 Å². The Kier molecular flexibility index (Phi) is 9.27. The number of thioether (sulfide) groups is 1. The first-order valence-corrected chi connectivity index (χ1v) is 13.2. The maximum absolute atomic E-state index is 13.6. The van der Waals surface area contributed by atoms with Gasteiger partial charge in [0, 0.05) is 28.3 Å². The minimum atomic E-state index is -1.61. The SMILES string of the molecule is Cc1c(O)cccc1C(=O)N[C@@H](Cc1ccccc1)[C@H](O)C(=O)N1CSC(C)(C)C1C(=O)NCCCl. The van der Waals surface area contributed by atoms with Gasteiger partial charge in [0.25, 0.3) is 11.8 Å². The quantitative estimate of drug-likeness (QED) is 0.368. The van der Waals surface area contributed by atoms with Gasteiger partial charge in [-0.15, -0.1) is 23.4 Å². The Hall–Kier alpha value is -2.75. The minimum absolute atomic E-state index is 0.0268. The molecule has 1 aliphatic heterocycles. The van der Waals surface area contributed by atoms with E-state index in [0.29, 0.717) is 5.56 Å². The van der Waals surface area contributed by atoms with E-state index >= 15 is 0 Å². The van der Waals surface area contributed by atoms with Crippen LogP contribution in [0.25, 0.3) is 0 Å². The van der Waals surface area contributed by atoms with Crippen molar-refractivity contribution in [2.24, 2.45) is 0 Å². The molecule has 0 spiro atoms. The van der Waals surface area contributed by atoms with Crippen molar-refractivity contribution in [3.05, 3.63) is 65.2 Å². The number of phenols is 1. The fourth-order valence-corrected chi connectivity index (χ4v) is 5.48. The molecular formula is C26H32ClN3O5S. The van der Waals surface area contributed by atoms with Crippen molar-refractivity contribution < 1.29 is 24.6 Å². The first-order chi connectivity index (χ1) is 17.1. The summed E-state index contributed by atoms with van der Waals surface area (Å²) in [6, 6.07) is 12.0. The van der Waals surface area contributed by atoms with Gasteiger partial charge in [0.2, 0.25) is 5.91 Å². The Morgan fingerprint density at radius 2 is 1.86 bits per heavy atom. The van der Waals surface area contributed by atoms with E-state index < -0.39 is 34.7 Å². The summed E-state index contributed by atoms with van der Waals surface area (Å²) in [4.78, 5) is 40.9. The highest BCUT2D eigenvalue weighted by molar-refractivity contribution is 8.00. The van der Waals surface area contributed by atoms with E-state index in [4.69, 9.17) is 11.6 Å². The maximum Gasteiger partial charge on any atom is 0.254 e. The molecule has 10 heteroatoms. The average Bonchev–Trinajstić information content (AvgIpc) is 3.18. The van der Waals surface area contributed by atoms with E-state index in [1.807, 2.05) is 44.2 Å². The highest BCUT2D eigenvalue weighted by atomic mass is 35.5. The van der Waals surface area contributed by atoms with E-state index in [1.54, 1.807) is 19.1 Å². The Morgan fingerprint density at radius 1 is 1.17 bits per heavy atom. The van der Waals surface area contributed by atoms with Crippen LogP contribution in [0, 0.1) is 6.92 Å². The number of benzene rings is 2. The molecule has 1 unspecified atom stereocenters. The topological polar surface area (TPSA) is 119 Å². The van der Waals surface area contributed by atoms with Gasteiger partial charge < -0.3 is 25.7 Å². The van der Waals surface area contributed by atoms with Crippen molar-refractivity contribution in [1.29, 1.82) is 0 Å². The number of aliphatic hydroxyl groups is 1. The number of rotatable bonds is 9. The fourth-order valence-electron chi connectivity index (χ4n) is 4.25. The molecule has 2 aromatic rings. The van der Waals surface area contributed by atoms with Crippen LogP contribution in [0.4, 0.5) is 0 Å². The molecule has 36 heavy (non-hydrogen) atoms. The van der Waals surface area contributed by atoms with Gasteiger partial charge in [-0.2, -0.15) is 0 Å². The molecule has 3 amide bonds. The standard InChI is InChI=1S/C26H32ClN3O5S/c1-16-18(10-7-11-20(16)31)23(33)29-19(14-17-8-5-4-6-9-17)21(32)25(35)30-15-36-26(2,3)22(30)24(34)28-13-12-27/h4-11,19,21-22,31-32H,12-15H2,1-3H3,(H,28,34)(H,29,33)/t19-,21-,22?/m0/s1. The van der Waals surface area contributed by atoms with Gasteiger partial charge in [0.15, 0.2) is 6.10 Å². The van der Waals surface area contributed by atoms with Gasteiger partial charge in [-0.1, -0.05) is 36.4 Å². The van der Waals surface area contributed by atoms with E-state index in [9.17, 15) is 24.6 Å². The molecule has 0 aromatic heterocycles. The van der Waals surface area contributed by atoms with Crippen LogP contribution in [-0.4, -0.2) is 74.1 Å². The molecule has 0 bridgehead atoms. The molecule has 1 fully saturated rings. The second kappa shape index (κ2) is 12.0. The number of aromatic hydroxyl groups is 1. The van der Waals surface area contributed by atoms with E-state index in [1.165, 1.54) is 22.7 Å². The number of nitrogens with one attached hydrogen (secondary N) is 2. The van der Waals surface area contributed by atoms with E-state index in [0.717, 1.165) is 5.56 Å². The number of hydrogen-bond donors (Lipinski definition) is 4. The van der Waals surface area contributed by atoms with Gasteiger partial charge in [-0.3, -0.25) is 14.4 Å². The van der Waals surface area contributed by atoms with Crippen LogP contribution in [-0.2, 0) is 16.0 Å². The molecule has 3 atom stereocenters. The predicted octanol–water partition coefficient (Wildman–Crippen LogP) is 2.44. The Bertz CT molecular complexity index is 1100. The summed E-state index contributed by atoms with van der Waals surface area (Å²) in [5.41, 5.74) is 1.45. The summed E-state index contributed by atoms with van der Waals surface area (Å²) in [6.45, 7) is 5.62. The number of carbonyl (C=O) groups is 3. The monoisotopic (exact) mass is 533 g/mol. The number of aliphatic hydroxyl groups excluding tert-OH is 1. The van der Waals surface area contributed by atoms with Crippen LogP contribution in [0.2, 0.25) is 0 Å². The molecule has 4 N–H and O–H groups in total. The van der Waals surface area contributed by atoms with Crippen LogP contribution in [0.5, 0.6) is 5.75 Å². The molecular weight excluding hydrogens is 502 g/mol. The fraction of sp³-hybridized carbons (Fsp3) is 0.423. The van der Waals surface area contributed by atoms with Crippen LogP contribution in [0.15, 0.2) is 48.5 Å². The minimum Gasteiger partial charge on any atom is -0.508 e. The Labute approximate surface area is 220 Å². The third-order valence-corrected chi connectivity index (χ3v) is 7.83. The molecule has 8 nitrogen and oxygen atoms in total. The molecule has 1 saturated heterocycles. The summed E-state index contributed by atoms with van der Waals surface area (Å²) in [5, 5.41) is 26.8. The van der Waals surface area contributed by atoms with Gasteiger partial charge in [-0.05, 0) is 44.9 Å². The number of alkyl halides is 1. The molecule has 0 saturated carbocycles. The van der Waals surface area contributed by atoms with Crippen LogP contribution in [0.3, 0.4) is 0 Å². The first-order valence-electron chi connectivity index (χ1n) is 11.7. The summed E-state index contributed by atoms with van der Waals surface area (Å²) in [5.74, 6) is -1.08. The Morgan fingerprint density at radius 3 is 2.53 bits per heavy atom. The Balaban J connectivity index is 1.87. The molecule has 3 rings (SSSR count). The van der Waals surface area contributed by atoms with Crippen LogP contribution < -0.4 is 10.6 Å². The lowest BCUT2D eigenvalue weighted by atomic mass is 9.96. The van der Waals surface area contributed by atoms with Crippen molar-refractivity contribution in [3.63, 3.8) is 0 Å². The summed E-state index contributed by atoms with van der Waals surface area (Å²) in [6.07, 6.45) is -1.42. The number of amides is 3.